The number of alkyl halides is 3. The standard InChI is InChI=1S/C20H18F3NO/c1-24(14-18-13-16-6-2-3-7-19(16)25-18)12-4-5-15-8-10-17(11-9-15)20(21,22)23/h2-11,13H,12,14H2,1H3/b5-4+. The Morgan fingerprint density at radius 2 is 1.76 bits per heavy atom. The molecule has 0 aliphatic carbocycles. The summed E-state index contributed by atoms with van der Waals surface area (Å²) in [5.41, 5.74) is 0.975. The third-order valence-corrected chi connectivity index (χ3v) is 3.87. The van der Waals surface area contributed by atoms with Crippen LogP contribution in [0.5, 0.6) is 0 Å². The van der Waals surface area contributed by atoms with Gasteiger partial charge in [0.2, 0.25) is 0 Å². The molecule has 0 radical (unpaired) electrons. The first-order valence-corrected chi connectivity index (χ1v) is 7.91. The molecule has 3 rings (SSSR count). The van der Waals surface area contributed by atoms with Crippen LogP contribution in [0.3, 0.4) is 0 Å². The molecule has 3 aromatic rings. The molecule has 0 saturated heterocycles. The van der Waals surface area contributed by atoms with E-state index in [2.05, 4.69) is 4.90 Å². The molecule has 0 N–H and O–H groups in total. The third kappa shape index (κ3) is 4.51. The van der Waals surface area contributed by atoms with Crippen LogP contribution in [0.1, 0.15) is 16.9 Å². The minimum Gasteiger partial charge on any atom is -0.460 e. The molecule has 0 saturated carbocycles. The van der Waals surface area contributed by atoms with Gasteiger partial charge in [-0.05, 0) is 36.9 Å². The van der Waals surface area contributed by atoms with Crippen LogP contribution in [0.15, 0.2) is 65.1 Å². The van der Waals surface area contributed by atoms with Gasteiger partial charge in [0.15, 0.2) is 0 Å². The number of nitrogens with zero attached hydrogens (tertiary/aromatic N) is 1. The highest BCUT2D eigenvalue weighted by atomic mass is 19.4. The third-order valence-electron chi connectivity index (χ3n) is 3.87. The number of likely N-dealkylation sites (N-methyl/N-ethyl adjacent to an activating group) is 1. The number of para-hydroxylation sites is 1. The van der Waals surface area contributed by atoms with Crippen molar-refractivity contribution >= 4 is 17.0 Å². The summed E-state index contributed by atoms with van der Waals surface area (Å²) in [6.45, 7) is 1.32. The molecule has 0 atom stereocenters. The maximum atomic E-state index is 12.5. The summed E-state index contributed by atoms with van der Waals surface area (Å²) >= 11 is 0. The summed E-state index contributed by atoms with van der Waals surface area (Å²) < 4.78 is 43.4. The fourth-order valence-corrected chi connectivity index (χ4v) is 2.60. The summed E-state index contributed by atoms with van der Waals surface area (Å²) in [5, 5.41) is 1.08. The average molecular weight is 345 g/mol. The predicted octanol–water partition coefficient (Wildman–Crippen LogP) is 5.60. The highest BCUT2D eigenvalue weighted by Gasteiger charge is 2.29. The van der Waals surface area contributed by atoms with Gasteiger partial charge in [-0.3, -0.25) is 4.90 Å². The number of halogens is 3. The number of furan rings is 1. The molecule has 0 spiro atoms. The molecule has 25 heavy (non-hydrogen) atoms. The fraction of sp³-hybridized carbons (Fsp3) is 0.200. The minimum atomic E-state index is -4.30. The van der Waals surface area contributed by atoms with Gasteiger partial charge in [0.1, 0.15) is 11.3 Å². The van der Waals surface area contributed by atoms with Crippen molar-refractivity contribution in [3.8, 4) is 0 Å². The predicted molar refractivity (Wildman–Crippen MR) is 93.0 cm³/mol. The SMILES string of the molecule is CN(C/C=C/c1ccc(C(F)(F)F)cc1)Cc1cc2ccccc2o1. The Labute approximate surface area is 144 Å². The Hall–Kier alpha value is -2.53. The first kappa shape index (κ1) is 17.3. The number of benzene rings is 2. The van der Waals surface area contributed by atoms with Crippen LogP contribution < -0.4 is 0 Å². The molecule has 2 nitrogen and oxygen atoms in total. The van der Waals surface area contributed by atoms with Crippen molar-refractivity contribution in [2.24, 2.45) is 0 Å². The van der Waals surface area contributed by atoms with E-state index >= 15 is 0 Å². The van der Waals surface area contributed by atoms with Gasteiger partial charge >= 0.3 is 6.18 Å². The van der Waals surface area contributed by atoms with E-state index in [9.17, 15) is 13.2 Å². The minimum absolute atomic E-state index is 0.633. The van der Waals surface area contributed by atoms with E-state index in [0.29, 0.717) is 13.1 Å². The molecule has 2 aromatic carbocycles. The summed E-state index contributed by atoms with van der Waals surface area (Å²) in [6, 6.07) is 15.0. The zero-order valence-electron chi connectivity index (χ0n) is 13.8. The monoisotopic (exact) mass is 345 g/mol. The zero-order valence-corrected chi connectivity index (χ0v) is 13.8. The van der Waals surface area contributed by atoms with E-state index in [-0.39, 0.29) is 0 Å². The van der Waals surface area contributed by atoms with Gasteiger partial charge in [-0.25, -0.2) is 0 Å². The normalized spacial score (nSPS) is 12.5. The Morgan fingerprint density at radius 1 is 1.04 bits per heavy atom. The molecule has 1 aromatic heterocycles. The number of fused-ring (bicyclic) bond motifs is 1. The Bertz CT molecular complexity index is 830. The van der Waals surface area contributed by atoms with Crippen LogP contribution in [0.25, 0.3) is 17.0 Å². The van der Waals surface area contributed by atoms with Crippen molar-refractivity contribution in [3.63, 3.8) is 0 Å². The van der Waals surface area contributed by atoms with Crippen LogP contribution in [0, 0.1) is 0 Å². The second-order valence-corrected chi connectivity index (χ2v) is 5.97. The van der Waals surface area contributed by atoms with Crippen molar-refractivity contribution in [2.75, 3.05) is 13.6 Å². The topological polar surface area (TPSA) is 16.4 Å². The molecule has 1 heterocycles. The van der Waals surface area contributed by atoms with Crippen LogP contribution in [0.4, 0.5) is 13.2 Å². The second kappa shape index (κ2) is 7.15. The summed E-state index contributed by atoms with van der Waals surface area (Å²) in [6.07, 6.45) is -0.560. The number of rotatable bonds is 5. The first-order valence-electron chi connectivity index (χ1n) is 7.91. The quantitative estimate of drug-likeness (QED) is 0.599. The molecule has 5 heteroatoms. The van der Waals surface area contributed by atoms with Gasteiger partial charge in [0.05, 0.1) is 12.1 Å². The smallest absolute Gasteiger partial charge is 0.416 e. The van der Waals surface area contributed by atoms with Gasteiger partial charge in [-0.1, -0.05) is 42.5 Å². The summed E-state index contributed by atoms with van der Waals surface area (Å²) in [4.78, 5) is 2.07. The summed E-state index contributed by atoms with van der Waals surface area (Å²) in [5.74, 6) is 0.881. The van der Waals surface area contributed by atoms with Crippen molar-refractivity contribution < 1.29 is 17.6 Å². The Morgan fingerprint density at radius 3 is 2.44 bits per heavy atom. The van der Waals surface area contributed by atoms with Crippen molar-refractivity contribution in [1.82, 2.24) is 4.90 Å². The molecular weight excluding hydrogens is 327 g/mol. The molecule has 0 aliphatic heterocycles. The lowest BCUT2D eigenvalue weighted by atomic mass is 10.1. The number of hydrogen-bond donors (Lipinski definition) is 0. The van der Waals surface area contributed by atoms with Crippen molar-refractivity contribution in [1.29, 1.82) is 0 Å². The van der Waals surface area contributed by atoms with Gasteiger partial charge in [-0.15, -0.1) is 0 Å². The van der Waals surface area contributed by atoms with Crippen LogP contribution >= 0.6 is 0 Å². The van der Waals surface area contributed by atoms with E-state index in [4.69, 9.17) is 4.42 Å². The van der Waals surface area contributed by atoms with Gasteiger partial charge < -0.3 is 4.42 Å². The molecule has 0 aliphatic rings. The lowest BCUT2D eigenvalue weighted by Gasteiger charge is -2.12. The zero-order chi connectivity index (χ0) is 17.9. The van der Waals surface area contributed by atoms with E-state index in [0.717, 1.165) is 34.4 Å². The van der Waals surface area contributed by atoms with E-state index in [1.165, 1.54) is 12.1 Å². The second-order valence-electron chi connectivity index (χ2n) is 5.97. The van der Waals surface area contributed by atoms with Crippen molar-refractivity contribution in [2.45, 2.75) is 12.7 Å². The first-order chi connectivity index (χ1) is 11.9. The van der Waals surface area contributed by atoms with Gasteiger partial charge in [0, 0.05) is 11.9 Å². The highest BCUT2D eigenvalue weighted by molar-refractivity contribution is 5.77. The van der Waals surface area contributed by atoms with Crippen LogP contribution in [-0.4, -0.2) is 18.5 Å². The molecule has 0 amide bonds. The van der Waals surface area contributed by atoms with Crippen LogP contribution in [-0.2, 0) is 12.7 Å². The largest absolute Gasteiger partial charge is 0.460 e. The van der Waals surface area contributed by atoms with E-state index < -0.39 is 11.7 Å². The Kier molecular flexibility index (Phi) is 4.95. The highest BCUT2D eigenvalue weighted by Crippen LogP contribution is 2.29. The van der Waals surface area contributed by atoms with Crippen LogP contribution in [0.2, 0.25) is 0 Å². The van der Waals surface area contributed by atoms with E-state index in [1.54, 1.807) is 0 Å². The average Bonchev–Trinajstić information content (AvgIpc) is 2.96. The fourth-order valence-electron chi connectivity index (χ4n) is 2.60. The molecular formula is C20H18F3NO. The van der Waals surface area contributed by atoms with Gasteiger partial charge in [-0.2, -0.15) is 13.2 Å². The Balaban J connectivity index is 1.56. The van der Waals surface area contributed by atoms with Crippen molar-refractivity contribution in [3.05, 3.63) is 77.6 Å². The van der Waals surface area contributed by atoms with E-state index in [1.807, 2.05) is 49.5 Å². The number of hydrogen-bond acceptors (Lipinski definition) is 2. The lowest BCUT2D eigenvalue weighted by Crippen LogP contribution is -2.17. The lowest BCUT2D eigenvalue weighted by molar-refractivity contribution is -0.137. The molecule has 130 valence electrons. The summed E-state index contributed by atoms with van der Waals surface area (Å²) in [7, 11) is 1.96. The molecule has 0 fully saturated rings. The molecule has 0 unspecified atom stereocenters. The van der Waals surface area contributed by atoms with Gasteiger partial charge in [0.25, 0.3) is 0 Å². The molecule has 0 bridgehead atoms. The maximum absolute atomic E-state index is 12.5. The maximum Gasteiger partial charge on any atom is 0.416 e.